The molecule has 2 aromatic carbocycles. The van der Waals surface area contributed by atoms with Gasteiger partial charge in [-0.15, -0.1) is 0 Å². The van der Waals surface area contributed by atoms with Gasteiger partial charge in [0.2, 0.25) is 0 Å². The lowest BCUT2D eigenvalue weighted by molar-refractivity contribution is 0.562. The van der Waals surface area contributed by atoms with Gasteiger partial charge in [0, 0.05) is 15.5 Å². The summed E-state index contributed by atoms with van der Waals surface area (Å²) in [5.74, 6) is 0. The molecule has 0 spiro atoms. The van der Waals surface area contributed by atoms with Gasteiger partial charge < -0.3 is 10.2 Å². The summed E-state index contributed by atoms with van der Waals surface area (Å²) < 4.78 is 33.0. The first-order chi connectivity index (χ1) is 11.3. The monoisotopic (exact) mass is 428 g/mol. The normalized spacial score (nSPS) is 11.6. The highest BCUT2D eigenvalue weighted by Crippen LogP contribution is 2.26. The average molecular weight is 430 g/mol. The van der Waals surface area contributed by atoms with Gasteiger partial charge in [0.25, 0.3) is 10.0 Å². The largest absolute Gasteiger partial charge is 0.421 e. The number of hydrogen-bond donors (Lipinski definition) is 2. The third-order valence-corrected chi connectivity index (χ3v) is 5.53. The Morgan fingerprint density at radius 3 is 2.58 bits per heavy atom. The molecular weight excluding hydrogens is 420 g/mol. The molecule has 0 aliphatic carbocycles. The fraction of sp³-hybridized carbons (Fsp3) is 0. The minimum Gasteiger partial charge on any atom is -0.421 e. The van der Waals surface area contributed by atoms with Crippen LogP contribution in [0.5, 0.6) is 0 Å². The van der Waals surface area contributed by atoms with E-state index in [0.29, 0.717) is 16.7 Å². The van der Waals surface area contributed by atoms with Crippen molar-refractivity contribution in [3.8, 4) is 0 Å². The van der Waals surface area contributed by atoms with Crippen molar-refractivity contribution < 1.29 is 12.8 Å². The van der Waals surface area contributed by atoms with Crippen molar-refractivity contribution in [3.05, 3.63) is 62.4 Å². The van der Waals surface area contributed by atoms with Crippen molar-refractivity contribution in [2.24, 2.45) is 0 Å². The summed E-state index contributed by atoms with van der Waals surface area (Å²) in [7, 11) is -4.07. The van der Waals surface area contributed by atoms with Gasteiger partial charge in [0.1, 0.15) is 16.2 Å². The molecule has 0 atom stereocenters. The van der Waals surface area contributed by atoms with Crippen molar-refractivity contribution in [3.63, 3.8) is 0 Å². The topological polar surface area (TPSA) is 102 Å². The second-order valence-electron chi connectivity index (χ2n) is 4.93. The molecule has 1 heterocycles. The quantitative estimate of drug-likeness (QED) is 0.489. The van der Waals surface area contributed by atoms with Crippen molar-refractivity contribution in [2.45, 2.75) is 4.90 Å². The molecule has 0 fully saturated rings. The highest BCUT2D eigenvalue weighted by molar-refractivity contribution is 9.10. The van der Waals surface area contributed by atoms with Crippen LogP contribution in [0.25, 0.3) is 11.0 Å². The molecule has 1 aromatic heterocycles. The maximum atomic E-state index is 12.5. The fourth-order valence-electron chi connectivity index (χ4n) is 2.10. The molecule has 124 valence electrons. The second-order valence-corrected chi connectivity index (χ2v) is 7.90. The zero-order valence-electron chi connectivity index (χ0n) is 11.9. The molecule has 3 N–H and O–H groups in total. The van der Waals surface area contributed by atoms with Gasteiger partial charge in [-0.05, 0) is 42.5 Å². The van der Waals surface area contributed by atoms with Gasteiger partial charge in [-0.2, -0.15) is 0 Å². The standard InChI is InChI=1S/C15H10BrClN2O4S/c16-9-1-3-13-8(5-9)6-12(15(20)23-13)19-24(21,22)14-4-2-10(18)7-11(14)17/h1-7,19H,18H2. The Labute approximate surface area is 150 Å². The van der Waals surface area contributed by atoms with E-state index in [2.05, 4.69) is 20.7 Å². The van der Waals surface area contributed by atoms with Crippen molar-refractivity contribution in [2.75, 3.05) is 10.5 Å². The molecule has 0 unspecified atom stereocenters. The number of sulfonamides is 1. The van der Waals surface area contributed by atoms with Gasteiger partial charge in [0.05, 0.1) is 5.02 Å². The van der Waals surface area contributed by atoms with Crippen LogP contribution in [0.2, 0.25) is 5.02 Å². The summed E-state index contributed by atoms with van der Waals surface area (Å²) in [6.45, 7) is 0. The van der Waals surface area contributed by atoms with E-state index in [-0.39, 0.29) is 15.6 Å². The van der Waals surface area contributed by atoms with Gasteiger partial charge in [0.15, 0.2) is 0 Å². The maximum absolute atomic E-state index is 12.5. The Kier molecular flexibility index (Phi) is 4.29. The summed E-state index contributed by atoms with van der Waals surface area (Å²) in [6, 6.07) is 10.4. The summed E-state index contributed by atoms with van der Waals surface area (Å²) in [4.78, 5) is 11.8. The van der Waals surface area contributed by atoms with Crippen molar-refractivity contribution in [1.29, 1.82) is 0 Å². The van der Waals surface area contributed by atoms with Crippen LogP contribution in [0.1, 0.15) is 0 Å². The van der Waals surface area contributed by atoms with Gasteiger partial charge in [-0.3, -0.25) is 4.72 Å². The summed E-state index contributed by atoms with van der Waals surface area (Å²) in [5, 5.41) is 0.514. The average Bonchev–Trinajstić information content (AvgIpc) is 2.47. The molecule has 0 aliphatic rings. The number of rotatable bonds is 3. The molecule has 0 saturated heterocycles. The van der Waals surface area contributed by atoms with Gasteiger partial charge >= 0.3 is 5.63 Å². The van der Waals surface area contributed by atoms with Crippen LogP contribution in [0, 0.1) is 0 Å². The molecule has 24 heavy (non-hydrogen) atoms. The Balaban J connectivity index is 2.08. The molecule has 6 nitrogen and oxygen atoms in total. The highest BCUT2D eigenvalue weighted by atomic mass is 79.9. The number of benzene rings is 2. The van der Waals surface area contributed by atoms with Crippen LogP contribution in [-0.2, 0) is 10.0 Å². The molecule has 3 aromatic rings. The zero-order chi connectivity index (χ0) is 17.5. The van der Waals surface area contributed by atoms with E-state index in [1.54, 1.807) is 18.2 Å². The molecular formula is C15H10BrClN2O4S. The lowest BCUT2D eigenvalue weighted by Gasteiger charge is -2.09. The van der Waals surface area contributed by atoms with E-state index < -0.39 is 15.6 Å². The predicted molar refractivity (Wildman–Crippen MR) is 96.9 cm³/mol. The van der Waals surface area contributed by atoms with E-state index in [4.69, 9.17) is 21.8 Å². The smallest absolute Gasteiger partial charge is 0.360 e. The Bertz CT molecular complexity index is 1110. The van der Waals surface area contributed by atoms with Crippen LogP contribution in [0.4, 0.5) is 11.4 Å². The number of halogens is 2. The predicted octanol–water partition coefficient (Wildman–Crippen LogP) is 3.59. The Morgan fingerprint density at radius 2 is 1.88 bits per heavy atom. The van der Waals surface area contributed by atoms with Crippen LogP contribution in [-0.4, -0.2) is 8.42 Å². The lowest BCUT2D eigenvalue weighted by Crippen LogP contribution is -2.18. The van der Waals surface area contributed by atoms with E-state index in [9.17, 15) is 13.2 Å². The Hall–Kier alpha value is -2.03. The van der Waals surface area contributed by atoms with E-state index in [0.717, 1.165) is 4.47 Å². The third-order valence-electron chi connectivity index (χ3n) is 3.18. The lowest BCUT2D eigenvalue weighted by atomic mass is 10.2. The SMILES string of the molecule is Nc1ccc(S(=O)(=O)Nc2cc3cc(Br)ccc3oc2=O)c(Cl)c1. The van der Waals surface area contributed by atoms with E-state index in [1.165, 1.54) is 24.3 Å². The number of anilines is 2. The van der Waals surface area contributed by atoms with Crippen LogP contribution >= 0.6 is 27.5 Å². The van der Waals surface area contributed by atoms with Crippen LogP contribution < -0.4 is 16.1 Å². The summed E-state index contributed by atoms with van der Waals surface area (Å²) in [5.41, 5.74) is 5.21. The minimum absolute atomic E-state index is 0.0459. The zero-order valence-corrected chi connectivity index (χ0v) is 15.1. The fourth-order valence-corrected chi connectivity index (χ4v) is 4.08. The molecule has 0 bridgehead atoms. The number of nitrogen functional groups attached to an aromatic ring is 1. The number of nitrogens with two attached hydrogens (primary N) is 1. The first-order valence-electron chi connectivity index (χ1n) is 6.57. The summed E-state index contributed by atoms with van der Waals surface area (Å²) >= 11 is 9.23. The van der Waals surface area contributed by atoms with Crippen molar-refractivity contribution in [1.82, 2.24) is 0 Å². The van der Waals surface area contributed by atoms with Gasteiger partial charge in [-0.1, -0.05) is 27.5 Å². The number of hydrogen-bond acceptors (Lipinski definition) is 5. The first kappa shape index (κ1) is 16.8. The maximum Gasteiger partial charge on any atom is 0.360 e. The molecule has 3 rings (SSSR count). The minimum atomic E-state index is -4.07. The molecule has 0 radical (unpaired) electrons. The van der Waals surface area contributed by atoms with Crippen molar-refractivity contribution >= 4 is 59.9 Å². The summed E-state index contributed by atoms with van der Waals surface area (Å²) in [6.07, 6.45) is 0. The Morgan fingerprint density at radius 1 is 1.12 bits per heavy atom. The molecule has 9 heteroatoms. The third kappa shape index (κ3) is 3.26. The second kappa shape index (κ2) is 6.12. The molecule has 0 aliphatic heterocycles. The molecule has 0 amide bonds. The number of fused-ring (bicyclic) bond motifs is 1. The first-order valence-corrected chi connectivity index (χ1v) is 9.23. The highest BCUT2D eigenvalue weighted by Gasteiger charge is 2.20. The van der Waals surface area contributed by atoms with E-state index >= 15 is 0 Å². The van der Waals surface area contributed by atoms with Gasteiger partial charge in [-0.25, -0.2) is 13.2 Å². The number of nitrogens with one attached hydrogen (secondary N) is 1. The van der Waals surface area contributed by atoms with E-state index in [1.807, 2.05) is 0 Å². The molecule has 0 saturated carbocycles. The van der Waals surface area contributed by atoms with Crippen LogP contribution in [0.3, 0.4) is 0 Å². The van der Waals surface area contributed by atoms with Crippen LogP contribution in [0.15, 0.2) is 61.0 Å².